The van der Waals surface area contributed by atoms with Crippen molar-refractivity contribution in [2.75, 3.05) is 5.32 Å². The summed E-state index contributed by atoms with van der Waals surface area (Å²) < 4.78 is 0. The van der Waals surface area contributed by atoms with Gasteiger partial charge >= 0.3 is 0 Å². The zero-order valence-corrected chi connectivity index (χ0v) is 16.9. The first-order valence-electron chi connectivity index (χ1n) is 8.50. The molecule has 2 aromatic rings. The highest BCUT2D eigenvalue weighted by molar-refractivity contribution is 5.97. The maximum absolute atomic E-state index is 12.4. The third-order valence-electron chi connectivity index (χ3n) is 4.20. The fourth-order valence-electron chi connectivity index (χ4n) is 2.48. The van der Waals surface area contributed by atoms with Crippen molar-refractivity contribution in [1.82, 2.24) is 5.32 Å². The number of nitrogens with one attached hydrogen (secondary N) is 3. The van der Waals surface area contributed by atoms with Crippen LogP contribution in [0.5, 0.6) is 0 Å². The standard InChI is InChI=1S/C20H25N5O2.ClH/c1-12-5-4-6-14(9-12)18(26)24-11-15-8-7-13(17(21)22)10-16(15)25-20(2,3)19(23)27;/h4-10,25H,11H2,1-3H3,(H3,21,22)(H2,23,27)(H,24,26);1H. The van der Waals surface area contributed by atoms with Gasteiger partial charge in [0, 0.05) is 23.4 Å². The summed E-state index contributed by atoms with van der Waals surface area (Å²) in [5, 5.41) is 13.6. The van der Waals surface area contributed by atoms with E-state index in [-0.39, 0.29) is 30.7 Å². The van der Waals surface area contributed by atoms with E-state index in [0.29, 0.717) is 16.8 Å². The minimum absolute atomic E-state index is 0. The molecule has 0 aliphatic rings. The van der Waals surface area contributed by atoms with E-state index < -0.39 is 11.4 Å². The number of carbonyl (C=O) groups is 2. The number of hydrogen-bond donors (Lipinski definition) is 5. The van der Waals surface area contributed by atoms with Gasteiger partial charge in [0.1, 0.15) is 11.4 Å². The fraction of sp³-hybridized carbons (Fsp3) is 0.250. The van der Waals surface area contributed by atoms with Crippen LogP contribution in [0.1, 0.15) is 40.9 Å². The van der Waals surface area contributed by atoms with Gasteiger partial charge in [0.2, 0.25) is 5.91 Å². The van der Waals surface area contributed by atoms with Gasteiger partial charge in [-0.05, 0) is 44.5 Å². The molecule has 0 radical (unpaired) electrons. The zero-order valence-electron chi connectivity index (χ0n) is 16.1. The summed E-state index contributed by atoms with van der Waals surface area (Å²) in [7, 11) is 0. The molecule has 0 fully saturated rings. The van der Waals surface area contributed by atoms with Crippen molar-refractivity contribution >= 4 is 35.7 Å². The number of aryl methyl sites for hydroxylation is 1. The van der Waals surface area contributed by atoms with Gasteiger partial charge in [0.25, 0.3) is 5.91 Å². The van der Waals surface area contributed by atoms with Crippen molar-refractivity contribution in [2.45, 2.75) is 32.9 Å². The molecular formula is C20H26ClN5O2. The van der Waals surface area contributed by atoms with E-state index in [1.54, 1.807) is 38.1 Å². The minimum atomic E-state index is -1.01. The Morgan fingerprint density at radius 2 is 1.75 bits per heavy atom. The molecule has 8 heteroatoms. The summed E-state index contributed by atoms with van der Waals surface area (Å²) in [4.78, 5) is 24.1. The Hall–Kier alpha value is -3.06. The molecule has 7 nitrogen and oxygen atoms in total. The summed E-state index contributed by atoms with van der Waals surface area (Å²) >= 11 is 0. The van der Waals surface area contributed by atoms with E-state index in [4.69, 9.17) is 16.9 Å². The van der Waals surface area contributed by atoms with Crippen LogP contribution in [0.3, 0.4) is 0 Å². The number of nitrogen functional groups attached to an aromatic ring is 1. The second kappa shape index (κ2) is 9.23. The molecule has 0 aliphatic carbocycles. The van der Waals surface area contributed by atoms with E-state index >= 15 is 0 Å². The molecule has 0 bridgehead atoms. The van der Waals surface area contributed by atoms with Crippen molar-refractivity contribution in [3.63, 3.8) is 0 Å². The number of carbonyl (C=O) groups excluding carboxylic acids is 2. The van der Waals surface area contributed by atoms with Crippen LogP contribution in [-0.4, -0.2) is 23.2 Å². The first kappa shape index (κ1) is 23.0. The first-order chi connectivity index (χ1) is 12.6. The van der Waals surface area contributed by atoms with Crippen LogP contribution in [0.25, 0.3) is 0 Å². The van der Waals surface area contributed by atoms with Gasteiger partial charge in [-0.15, -0.1) is 12.4 Å². The maximum Gasteiger partial charge on any atom is 0.251 e. The van der Waals surface area contributed by atoms with Crippen LogP contribution in [0, 0.1) is 12.3 Å². The van der Waals surface area contributed by atoms with Crippen LogP contribution in [0.2, 0.25) is 0 Å². The molecule has 2 amide bonds. The van der Waals surface area contributed by atoms with Crippen LogP contribution in [0.15, 0.2) is 42.5 Å². The Kier molecular flexibility index (Phi) is 7.58. The fourth-order valence-corrected chi connectivity index (χ4v) is 2.48. The van der Waals surface area contributed by atoms with Crippen molar-refractivity contribution in [2.24, 2.45) is 11.5 Å². The molecular weight excluding hydrogens is 378 g/mol. The molecule has 0 heterocycles. The normalized spacial score (nSPS) is 10.5. The molecule has 2 aromatic carbocycles. The second-order valence-corrected chi connectivity index (χ2v) is 6.95. The van der Waals surface area contributed by atoms with Crippen molar-refractivity contribution in [3.8, 4) is 0 Å². The number of hydrogen-bond acceptors (Lipinski definition) is 4. The van der Waals surface area contributed by atoms with Gasteiger partial charge in [-0.1, -0.05) is 29.8 Å². The molecule has 7 N–H and O–H groups in total. The molecule has 150 valence electrons. The summed E-state index contributed by atoms with van der Waals surface area (Å²) in [6.45, 7) is 5.48. The highest BCUT2D eigenvalue weighted by Gasteiger charge is 2.25. The van der Waals surface area contributed by atoms with Gasteiger partial charge in [-0.3, -0.25) is 15.0 Å². The Labute approximate surface area is 170 Å². The van der Waals surface area contributed by atoms with Gasteiger partial charge in [-0.2, -0.15) is 0 Å². The van der Waals surface area contributed by atoms with E-state index in [2.05, 4.69) is 10.6 Å². The number of rotatable bonds is 7. The summed E-state index contributed by atoms with van der Waals surface area (Å²) in [5.41, 5.74) is 13.4. The van der Waals surface area contributed by atoms with Crippen LogP contribution >= 0.6 is 12.4 Å². The molecule has 0 saturated heterocycles. The van der Waals surface area contributed by atoms with Gasteiger partial charge in [0.05, 0.1) is 0 Å². The van der Waals surface area contributed by atoms with Gasteiger partial charge < -0.3 is 22.1 Å². The number of amidine groups is 1. The lowest BCUT2D eigenvalue weighted by atomic mass is 10.0. The minimum Gasteiger partial charge on any atom is -0.384 e. The lowest BCUT2D eigenvalue weighted by Gasteiger charge is -2.26. The monoisotopic (exact) mass is 403 g/mol. The SMILES string of the molecule is Cc1cccc(C(=O)NCc2ccc(C(=N)N)cc2NC(C)(C)C(N)=O)c1.Cl. The van der Waals surface area contributed by atoms with Gasteiger partial charge in [-0.25, -0.2) is 0 Å². The van der Waals surface area contributed by atoms with Crippen molar-refractivity contribution in [3.05, 3.63) is 64.7 Å². The lowest BCUT2D eigenvalue weighted by Crippen LogP contribution is -2.45. The number of nitrogens with two attached hydrogens (primary N) is 2. The van der Waals surface area contributed by atoms with E-state index in [9.17, 15) is 9.59 Å². The molecule has 0 spiro atoms. The highest BCUT2D eigenvalue weighted by atomic mass is 35.5. The average molecular weight is 404 g/mol. The molecule has 0 aliphatic heterocycles. The predicted octanol–water partition coefficient (Wildman–Crippen LogP) is 2.31. The van der Waals surface area contributed by atoms with Crippen molar-refractivity contribution < 1.29 is 9.59 Å². The molecule has 2 rings (SSSR count). The third kappa shape index (κ3) is 5.72. The lowest BCUT2D eigenvalue weighted by molar-refractivity contribution is -0.121. The van der Waals surface area contributed by atoms with Gasteiger partial charge in [0.15, 0.2) is 0 Å². The smallest absolute Gasteiger partial charge is 0.251 e. The second-order valence-electron chi connectivity index (χ2n) is 6.95. The molecule has 0 atom stereocenters. The Morgan fingerprint density at radius 3 is 2.32 bits per heavy atom. The zero-order chi connectivity index (χ0) is 20.2. The summed E-state index contributed by atoms with van der Waals surface area (Å²) in [6, 6.07) is 12.4. The predicted molar refractivity (Wildman–Crippen MR) is 114 cm³/mol. The Balaban J connectivity index is 0.00000392. The average Bonchev–Trinajstić information content (AvgIpc) is 2.59. The number of primary amides is 1. The van der Waals surface area contributed by atoms with E-state index in [1.807, 2.05) is 25.1 Å². The Bertz CT molecular complexity index is 896. The Morgan fingerprint density at radius 1 is 1.07 bits per heavy atom. The number of halogens is 1. The number of amides is 2. The summed E-state index contributed by atoms with van der Waals surface area (Å²) in [5.74, 6) is -0.815. The quantitative estimate of drug-likeness (QED) is 0.358. The van der Waals surface area contributed by atoms with Crippen LogP contribution in [0.4, 0.5) is 5.69 Å². The van der Waals surface area contributed by atoms with E-state index in [1.165, 1.54) is 0 Å². The molecule has 0 saturated carbocycles. The topological polar surface area (TPSA) is 134 Å². The van der Waals surface area contributed by atoms with Crippen LogP contribution < -0.4 is 22.1 Å². The summed E-state index contributed by atoms with van der Waals surface area (Å²) in [6.07, 6.45) is 0. The molecule has 0 aromatic heterocycles. The number of anilines is 1. The third-order valence-corrected chi connectivity index (χ3v) is 4.20. The molecule has 0 unspecified atom stereocenters. The first-order valence-corrected chi connectivity index (χ1v) is 8.50. The molecule has 28 heavy (non-hydrogen) atoms. The highest BCUT2D eigenvalue weighted by Crippen LogP contribution is 2.22. The van der Waals surface area contributed by atoms with E-state index in [0.717, 1.165) is 11.1 Å². The van der Waals surface area contributed by atoms with Crippen molar-refractivity contribution in [1.29, 1.82) is 5.41 Å². The largest absolute Gasteiger partial charge is 0.384 e. The number of benzene rings is 2. The maximum atomic E-state index is 12.4. The van der Waals surface area contributed by atoms with Crippen LogP contribution in [-0.2, 0) is 11.3 Å².